The number of nitrogens with zero attached hydrogens (tertiary/aromatic N) is 1. The molecule has 0 saturated heterocycles. The highest BCUT2D eigenvalue weighted by Gasteiger charge is 2.27. The van der Waals surface area contributed by atoms with Crippen LogP contribution in [0.2, 0.25) is 0 Å². The molecule has 0 unspecified atom stereocenters. The third kappa shape index (κ3) is 10.2. The molecule has 0 aromatic carbocycles. The van der Waals surface area contributed by atoms with E-state index in [0.29, 0.717) is 6.54 Å². The van der Waals surface area contributed by atoms with E-state index in [1.54, 1.807) is 0 Å². The lowest BCUT2D eigenvalue weighted by Gasteiger charge is -2.20. The molecule has 1 atom stereocenters. The van der Waals surface area contributed by atoms with E-state index in [2.05, 4.69) is 11.7 Å². The smallest absolute Gasteiger partial charge is 0.389 e. The van der Waals surface area contributed by atoms with Crippen LogP contribution >= 0.6 is 0 Å². The molecular weight excluding hydrogens is 223 g/mol. The van der Waals surface area contributed by atoms with Crippen LogP contribution in [0.5, 0.6) is 0 Å². The summed E-state index contributed by atoms with van der Waals surface area (Å²) in [5.74, 6) is 0. The van der Waals surface area contributed by atoms with Gasteiger partial charge in [-0.05, 0) is 20.0 Å². The second-order valence-corrected chi connectivity index (χ2v) is 3.90. The fourth-order valence-electron chi connectivity index (χ4n) is 1.24. The van der Waals surface area contributed by atoms with E-state index in [9.17, 15) is 18.3 Å². The number of hydrogen-bond donors (Lipinski definition) is 1. The van der Waals surface area contributed by atoms with Gasteiger partial charge in [-0.1, -0.05) is 13.3 Å². The summed E-state index contributed by atoms with van der Waals surface area (Å²) in [5, 5.41) is 9.38. The summed E-state index contributed by atoms with van der Waals surface area (Å²) < 4.78 is 39.5. The highest BCUT2D eigenvalue weighted by atomic mass is 19.4. The van der Waals surface area contributed by atoms with Gasteiger partial charge in [-0.2, -0.15) is 13.2 Å². The van der Waals surface area contributed by atoms with E-state index in [4.69, 9.17) is 0 Å². The van der Waals surface area contributed by atoms with Crippen LogP contribution < -0.4 is 0 Å². The summed E-state index contributed by atoms with van der Waals surface area (Å²) >= 11 is 0. The van der Waals surface area contributed by atoms with E-state index in [1.165, 1.54) is 0 Å². The number of aliphatic hydroxyl groups is 1. The predicted molar refractivity (Wildman–Crippen MR) is 55.3 cm³/mol. The molecular formula is C10H20F3NO2. The number of aliphatic hydroxyl groups excluding tert-OH is 1. The average Bonchev–Trinajstić information content (AvgIpc) is 2.12. The van der Waals surface area contributed by atoms with Crippen LogP contribution in [-0.2, 0) is 4.74 Å². The van der Waals surface area contributed by atoms with E-state index in [-0.39, 0.29) is 6.61 Å². The highest BCUT2D eigenvalue weighted by molar-refractivity contribution is 4.61. The molecule has 0 radical (unpaired) electrons. The molecule has 0 amide bonds. The number of alkyl halides is 3. The molecule has 0 fully saturated rings. The summed E-state index contributed by atoms with van der Waals surface area (Å²) in [6.45, 7) is 1.63. The molecule has 0 spiro atoms. The molecule has 0 saturated carbocycles. The number of halogens is 3. The van der Waals surface area contributed by atoms with Gasteiger partial charge in [0, 0.05) is 6.54 Å². The Balaban J connectivity index is 3.54. The molecule has 98 valence electrons. The highest BCUT2D eigenvalue weighted by Crippen LogP contribution is 2.14. The van der Waals surface area contributed by atoms with Gasteiger partial charge in [-0.3, -0.25) is 0 Å². The first-order valence-corrected chi connectivity index (χ1v) is 5.36. The van der Waals surface area contributed by atoms with Crippen LogP contribution in [0.15, 0.2) is 0 Å². The van der Waals surface area contributed by atoms with Gasteiger partial charge in [0.25, 0.3) is 0 Å². The summed E-state index contributed by atoms with van der Waals surface area (Å²) in [6.07, 6.45) is -3.14. The van der Waals surface area contributed by atoms with Gasteiger partial charge >= 0.3 is 6.18 Å². The molecule has 3 nitrogen and oxygen atoms in total. The fraction of sp³-hybridized carbons (Fsp3) is 1.00. The van der Waals surface area contributed by atoms with Crippen LogP contribution in [0.3, 0.4) is 0 Å². The largest absolute Gasteiger partial charge is 0.411 e. The van der Waals surface area contributed by atoms with Crippen molar-refractivity contribution < 1.29 is 23.0 Å². The van der Waals surface area contributed by atoms with Gasteiger partial charge in [0.1, 0.15) is 6.61 Å². The van der Waals surface area contributed by atoms with E-state index in [0.717, 1.165) is 19.4 Å². The van der Waals surface area contributed by atoms with Crippen molar-refractivity contribution in [3.05, 3.63) is 0 Å². The zero-order valence-corrected chi connectivity index (χ0v) is 9.76. The summed E-state index contributed by atoms with van der Waals surface area (Å²) in [6, 6.07) is 0. The van der Waals surface area contributed by atoms with Crippen molar-refractivity contribution in [3.8, 4) is 0 Å². The Kier molecular flexibility index (Phi) is 7.70. The molecule has 1 N–H and O–H groups in total. The SMILES string of the molecule is CCCCN(C)C[C@@H](O)COCC(F)(F)F. The van der Waals surface area contributed by atoms with Crippen LogP contribution in [0.4, 0.5) is 13.2 Å². The van der Waals surface area contributed by atoms with Gasteiger partial charge < -0.3 is 14.7 Å². The first-order chi connectivity index (χ1) is 7.35. The van der Waals surface area contributed by atoms with Crippen molar-refractivity contribution in [3.63, 3.8) is 0 Å². The minimum atomic E-state index is -4.33. The lowest BCUT2D eigenvalue weighted by atomic mass is 10.3. The molecule has 0 aromatic rings. The van der Waals surface area contributed by atoms with Crippen molar-refractivity contribution in [1.29, 1.82) is 0 Å². The number of ether oxygens (including phenoxy) is 1. The molecule has 0 heterocycles. The molecule has 0 aliphatic carbocycles. The third-order valence-corrected chi connectivity index (χ3v) is 1.99. The van der Waals surface area contributed by atoms with Crippen molar-refractivity contribution in [2.45, 2.75) is 32.0 Å². The Labute approximate surface area is 94.2 Å². The zero-order chi connectivity index (χ0) is 12.6. The standard InChI is InChI=1S/C10H20F3NO2/c1-3-4-5-14(2)6-9(15)7-16-8-10(11,12)13/h9,15H,3-8H2,1-2H3/t9-/m1/s1. The Morgan fingerprint density at radius 2 is 2.00 bits per heavy atom. The molecule has 6 heteroatoms. The van der Waals surface area contributed by atoms with Crippen LogP contribution in [0, 0.1) is 0 Å². The van der Waals surface area contributed by atoms with Gasteiger partial charge in [0.05, 0.1) is 12.7 Å². The normalized spacial score (nSPS) is 14.4. The van der Waals surface area contributed by atoms with Crippen molar-refractivity contribution in [2.75, 3.05) is 33.4 Å². The minimum Gasteiger partial charge on any atom is -0.389 e. The number of unbranched alkanes of at least 4 members (excludes halogenated alkanes) is 1. The van der Waals surface area contributed by atoms with Crippen molar-refractivity contribution in [2.24, 2.45) is 0 Å². The summed E-state index contributed by atoms with van der Waals surface area (Å²) in [4.78, 5) is 1.88. The quantitative estimate of drug-likeness (QED) is 0.703. The van der Waals surface area contributed by atoms with E-state index < -0.39 is 18.9 Å². The lowest BCUT2D eigenvalue weighted by Crippen LogP contribution is -2.33. The monoisotopic (exact) mass is 243 g/mol. The number of rotatable bonds is 8. The molecule has 16 heavy (non-hydrogen) atoms. The Hall–Kier alpha value is -0.330. The average molecular weight is 243 g/mol. The van der Waals surface area contributed by atoms with Crippen LogP contribution in [0.1, 0.15) is 19.8 Å². The molecule has 0 aliphatic heterocycles. The lowest BCUT2D eigenvalue weighted by molar-refractivity contribution is -0.179. The number of hydrogen-bond acceptors (Lipinski definition) is 3. The van der Waals surface area contributed by atoms with Gasteiger partial charge in [0.2, 0.25) is 0 Å². The topological polar surface area (TPSA) is 32.7 Å². The predicted octanol–water partition coefficient (Wildman–Crippen LogP) is 1.66. The molecule has 0 bridgehead atoms. The van der Waals surface area contributed by atoms with Crippen LogP contribution in [0.25, 0.3) is 0 Å². The first kappa shape index (κ1) is 15.7. The Morgan fingerprint density at radius 1 is 1.38 bits per heavy atom. The Bertz CT molecular complexity index is 176. The maximum Gasteiger partial charge on any atom is 0.411 e. The molecule has 0 aromatic heterocycles. The van der Waals surface area contributed by atoms with Crippen molar-refractivity contribution >= 4 is 0 Å². The zero-order valence-electron chi connectivity index (χ0n) is 9.76. The Morgan fingerprint density at radius 3 is 2.50 bits per heavy atom. The maximum atomic E-state index is 11.7. The number of likely N-dealkylation sites (N-methyl/N-ethyl adjacent to an activating group) is 1. The summed E-state index contributed by atoms with van der Waals surface area (Å²) in [7, 11) is 1.82. The first-order valence-electron chi connectivity index (χ1n) is 5.36. The fourth-order valence-corrected chi connectivity index (χ4v) is 1.24. The minimum absolute atomic E-state index is 0.282. The molecule has 0 aliphatic rings. The molecule has 0 rings (SSSR count). The third-order valence-electron chi connectivity index (χ3n) is 1.99. The van der Waals surface area contributed by atoms with E-state index >= 15 is 0 Å². The maximum absolute atomic E-state index is 11.7. The van der Waals surface area contributed by atoms with Gasteiger partial charge in [-0.25, -0.2) is 0 Å². The van der Waals surface area contributed by atoms with Crippen LogP contribution in [-0.4, -0.2) is 55.6 Å². The van der Waals surface area contributed by atoms with Gasteiger partial charge in [0.15, 0.2) is 0 Å². The summed E-state index contributed by atoms with van der Waals surface area (Å²) in [5.41, 5.74) is 0. The second kappa shape index (κ2) is 7.86. The van der Waals surface area contributed by atoms with Crippen molar-refractivity contribution in [1.82, 2.24) is 4.90 Å². The second-order valence-electron chi connectivity index (χ2n) is 3.90. The van der Waals surface area contributed by atoms with E-state index in [1.807, 2.05) is 11.9 Å². The van der Waals surface area contributed by atoms with Gasteiger partial charge in [-0.15, -0.1) is 0 Å².